The molecule has 2 nitrogen and oxygen atoms in total. The molecular formula is C17H28F2N2. The molecule has 1 unspecified atom stereocenters. The van der Waals surface area contributed by atoms with Gasteiger partial charge in [0.05, 0.1) is 0 Å². The number of rotatable bonds is 9. The second-order valence-electron chi connectivity index (χ2n) is 5.67. The molecule has 0 aliphatic carbocycles. The van der Waals surface area contributed by atoms with Crippen LogP contribution in [0.15, 0.2) is 18.2 Å². The van der Waals surface area contributed by atoms with Crippen molar-refractivity contribution < 1.29 is 8.78 Å². The van der Waals surface area contributed by atoms with Crippen molar-refractivity contribution in [3.05, 3.63) is 35.4 Å². The van der Waals surface area contributed by atoms with Gasteiger partial charge in [-0.2, -0.15) is 0 Å². The molecule has 120 valence electrons. The summed E-state index contributed by atoms with van der Waals surface area (Å²) in [5.74, 6) is -1.50. The first-order chi connectivity index (χ1) is 10.0. The largest absolute Gasteiger partial charge is 0.310 e. The molecule has 21 heavy (non-hydrogen) atoms. The smallest absolute Gasteiger partial charge is 0.163 e. The first-order valence-electron chi connectivity index (χ1n) is 7.92. The van der Waals surface area contributed by atoms with Crippen molar-refractivity contribution in [2.45, 2.75) is 52.6 Å². The van der Waals surface area contributed by atoms with Crippen LogP contribution in [0.1, 0.15) is 52.1 Å². The maximum Gasteiger partial charge on any atom is 0.163 e. The monoisotopic (exact) mass is 298 g/mol. The summed E-state index contributed by atoms with van der Waals surface area (Å²) in [4.78, 5) is 2.38. The highest BCUT2D eigenvalue weighted by Gasteiger charge is 2.19. The Hall–Kier alpha value is -1.00. The average molecular weight is 298 g/mol. The lowest BCUT2D eigenvalue weighted by Crippen LogP contribution is -2.35. The molecule has 0 heterocycles. The standard InChI is InChI=1S/C17H28F2N2/c1-5-11-21(13(3)4)12-10-16(20-6-2)14-8-7-9-15(18)17(14)19/h7-9,13,16,20H,5-6,10-12H2,1-4H3. The minimum Gasteiger partial charge on any atom is -0.310 e. The Kier molecular flexibility index (Phi) is 7.83. The van der Waals surface area contributed by atoms with Crippen LogP contribution in [0.3, 0.4) is 0 Å². The van der Waals surface area contributed by atoms with Gasteiger partial charge in [-0.25, -0.2) is 8.78 Å². The summed E-state index contributed by atoms with van der Waals surface area (Å²) in [6.45, 7) is 11.1. The predicted molar refractivity (Wildman–Crippen MR) is 84.4 cm³/mol. The lowest BCUT2D eigenvalue weighted by atomic mass is 10.0. The van der Waals surface area contributed by atoms with Crippen molar-refractivity contribution in [3.8, 4) is 0 Å². The summed E-state index contributed by atoms with van der Waals surface area (Å²) >= 11 is 0. The second kappa shape index (κ2) is 9.11. The molecule has 0 amide bonds. The maximum absolute atomic E-state index is 14.0. The predicted octanol–water partition coefficient (Wildman–Crippen LogP) is 4.13. The van der Waals surface area contributed by atoms with Crippen LogP contribution in [-0.4, -0.2) is 30.6 Å². The topological polar surface area (TPSA) is 15.3 Å². The number of hydrogen-bond donors (Lipinski definition) is 1. The van der Waals surface area contributed by atoms with Gasteiger partial charge in [0.25, 0.3) is 0 Å². The van der Waals surface area contributed by atoms with Crippen molar-refractivity contribution in [2.24, 2.45) is 0 Å². The van der Waals surface area contributed by atoms with Crippen LogP contribution in [-0.2, 0) is 0 Å². The molecule has 1 aromatic rings. The van der Waals surface area contributed by atoms with Crippen LogP contribution in [0.4, 0.5) is 8.78 Å². The molecule has 0 spiro atoms. The van der Waals surface area contributed by atoms with Crippen LogP contribution in [0.2, 0.25) is 0 Å². The molecular weight excluding hydrogens is 270 g/mol. The van der Waals surface area contributed by atoms with Crippen molar-refractivity contribution in [3.63, 3.8) is 0 Å². The molecule has 4 heteroatoms. The molecule has 0 radical (unpaired) electrons. The van der Waals surface area contributed by atoms with Crippen LogP contribution in [0.25, 0.3) is 0 Å². The van der Waals surface area contributed by atoms with Gasteiger partial charge in [-0.05, 0) is 45.8 Å². The molecule has 0 bridgehead atoms. The van der Waals surface area contributed by atoms with Gasteiger partial charge in [0.2, 0.25) is 0 Å². The van der Waals surface area contributed by atoms with Crippen LogP contribution >= 0.6 is 0 Å². The zero-order valence-corrected chi connectivity index (χ0v) is 13.6. The zero-order valence-electron chi connectivity index (χ0n) is 13.6. The maximum atomic E-state index is 14.0. The van der Waals surface area contributed by atoms with E-state index in [-0.39, 0.29) is 6.04 Å². The van der Waals surface area contributed by atoms with Gasteiger partial charge in [-0.3, -0.25) is 0 Å². The summed E-state index contributed by atoms with van der Waals surface area (Å²) in [6.07, 6.45) is 1.87. The van der Waals surface area contributed by atoms with E-state index >= 15 is 0 Å². The van der Waals surface area contributed by atoms with Gasteiger partial charge in [0, 0.05) is 24.2 Å². The van der Waals surface area contributed by atoms with Crippen LogP contribution in [0, 0.1) is 11.6 Å². The summed E-state index contributed by atoms with van der Waals surface area (Å²) in [7, 11) is 0. The minimum atomic E-state index is -0.773. The molecule has 0 saturated heterocycles. The van der Waals surface area contributed by atoms with Crippen molar-refractivity contribution in [1.82, 2.24) is 10.2 Å². The third-order valence-electron chi connectivity index (χ3n) is 3.75. The van der Waals surface area contributed by atoms with Gasteiger partial charge in [-0.15, -0.1) is 0 Å². The van der Waals surface area contributed by atoms with Gasteiger partial charge in [-0.1, -0.05) is 26.0 Å². The van der Waals surface area contributed by atoms with E-state index in [4.69, 9.17) is 0 Å². The summed E-state index contributed by atoms with van der Waals surface area (Å²) in [5, 5.41) is 3.27. The number of nitrogens with zero attached hydrogens (tertiary/aromatic N) is 1. The first-order valence-corrected chi connectivity index (χ1v) is 7.92. The number of halogens is 2. The third kappa shape index (κ3) is 5.36. The Bertz CT molecular complexity index is 421. The Morgan fingerprint density at radius 2 is 1.86 bits per heavy atom. The summed E-state index contributed by atoms with van der Waals surface area (Å²) < 4.78 is 27.4. The van der Waals surface area contributed by atoms with Crippen molar-refractivity contribution in [2.75, 3.05) is 19.6 Å². The number of hydrogen-bond acceptors (Lipinski definition) is 2. The highest BCUT2D eigenvalue weighted by molar-refractivity contribution is 5.22. The molecule has 0 aliphatic heterocycles. The fraction of sp³-hybridized carbons (Fsp3) is 0.647. The zero-order chi connectivity index (χ0) is 15.8. The van der Waals surface area contributed by atoms with Crippen LogP contribution in [0.5, 0.6) is 0 Å². The highest BCUT2D eigenvalue weighted by Crippen LogP contribution is 2.22. The molecule has 1 aromatic carbocycles. The van der Waals surface area contributed by atoms with E-state index in [1.54, 1.807) is 12.1 Å². The lowest BCUT2D eigenvalue weighted by molar-refractivity contribution is 0.209. The molecule has 0 fully saturated rings. The van der Waals surface area contributed by atoms with E-state index in [2.05, 4.69) is 31.0 Å². The Morgan fingerprint density at radius 3 is 2.43 bits per heavy atom. The van der Waals surface area contributed by atoms with E-state index in [9.17, 15) is 8.78 Å². The quantitative estimate of drug-likeness (QED) is 0.737. The average Bonchev–Trinajstić information content (AvgIpc) is 2.45. The van der Waals surface area contributed by atoms with E-state index in [1.165, 1.54) is 6.07 Å². The molecule has 1 rings (SSSR count). The van der Waals surface area contributed by atoms with Gasteiger partial charge in [0.1, 0.15) is 0 Å². The molecule has 0 aromatic heterocycles. The van der Waals surface area contributed by atoms with Gasteiger partial charge in [0.15, 0.2) is 11.6 Å². The second-order valence-corrected chi connectivity index (χ2v) is 5.67. The molecule has 0 aliphatic rings. The first kappa shape index (κ1) is 18.1. The summed E-state index contributed by atoms with van der Waals surface area (Å²) in [6, 6.07) is 4.72. The van der Waals surface area contributed by atoms with E-state index in [0.717, 1.165) is 32.5 Å². The van der Waals surface area contributed by atoms with E-state index in [0.29, 0.717) is 11.6 Å². The Morgan fingerprint density at radius 1 is 1.14 bits per heavy atom. The summed E-state index contributed by atoms with van der Waals surface area (Å²) in [5.41, 5.74) is 0.428. The molecule has 1 N–H and O–H groups in total. The van der Waals surface area contributed by atoms with E-state index < -0.39 is 11.6 Å². The van der Waals surface area contributed by atoms with Gasteiger partial charge >= 0.3 is 0 Å². The number of nitrogens with one attached hydrogen (secondary N) is 1. The fourth-order valence-electron chi connectivity index (χ4n) is 2.61. The number of benzene rings is 1. The Labute approximate surface area is 127 Å². The van der Waals surface area contributed by atoms with Gasteiger partial charge < -0.3 is 10.2 Å². The van der Waals surface area contributed by atoms with Crippen LogP contribution < -0.4 is 5.32 Å². The third-order valence-corrected chi connectivity index (χ3v) is 3.75. The fourth-order valence-corrected chi connectivity index (χ4v) is 2.61. The van der Waals surface area contributed by atoms with Crippen molar-refractivity contribution >= 4 is 0 Å². The molecule has 0 saturated carbocycles. The highest BCUT2D eigenvalue weighted by atomic mass is 19.2. The molecule has 1 atom stereocenters. The minimum absolute atomic E-state index is 0.149. The van der Waals surface area contributed by atoms with Crippen molar-refractivity contribution in [1.29, 1.82) is 0 Å². The normalized spacial score (nSPS) is 13.1. The SMILES string of the molecule is CCCN(CCC(NCC)c1cccc(F)c1F)C(C)C. The Balaban J connectivity index is 2.80. The van der Waals surface area contributed by atoms with E-state index in [1.807, 2.05) is 6.92 Å². The lowest BCUT2D eigenvalue weighted by Gasteiger charge is -2.28.